The maximum atomic E-state index is 13.5. The zero-order valence-corrected chi connectivity index (χ0v) is 13.5. The van der Waals surface area contributed by atoms with Crippen molar-refractivity contribution in [3.63, 3.8) is 0 Å². The Bertz CT molecular complexity index is 1060. The normalized spacial score (nSPS) is 11.1. The Morgan fingerprint density at radius 3 is 2.80 bits per heavy atom. The van der Waals surface area contributed by atoms with E-state index in [4.69, 9.17) is 0 Å². The van der Waals surface area contributed by atoms with Gasteiger partial charge in [0.05, 0.1) is 0 Å². The van der Waals surface area contributed by atoms with Gasteiger partial charge in [-0.2, -0.15) is 4.52 Å². The molecule has 0 atom stereocenters. The number of phenolic OH excluding ortho intramolecular Hbond substituents is 1. The molecule has 2 aromatic carbocycles. The van der Waals surface area contributed by atoms with Gasteiger partial charge in [0.15, 0.2) is 17.4 Å². The molecule has 2 heterocycles. The van der Waals surface area contributed by atoms with E-state index in [1.807, 2.05) is 0 Å². The molecule has 0 aliphatic carbocycles. The number of nitrogens with one attached hydrogen (secondary N) is 1. The fraction of sp³-hybridized carbons (Fsp3) is 0.0625. The summed E-state index contributed by atoms with van der Waals surface area (Å²) in [4.78, 5) is 0.563. The number of anilines is 2. The van der Waals surface area contributed by atoms with Gasteiger partial charge in [0.25, 0.3) is 0 Å². The highest BCUT2D eigenvalue weighted by molar-refractivity contribution is 7.20. The van der Waals surface area contributed by atoms with Crippen LogP contribution in [0.3, 0.4) is 0 Å². The smallest absolute Gasteiger partial charge is 0.236 e. The SMILES string of the molecule is Oc1ccc(Cc2nnc3sc(Nc4cccc(F)c4)nn23)cc1F. The van der Waals surface area contributed by atoms with E-state index in [-0.39, 0.29) is 5.82 Å². The number of halogens is 2. The molecule has 0 saturated heterocycles. The van der Waals surface area contributed by atoms with E-state index in [0.717, 1.165) is 0 Å². The third-order valence-corrected chi connectivity index (χ3v) is 4.32. The lowest BCUT2D eigenvalue weighted by molar-refractivity contribution is 0.432. The standard InChI is InChI=1S/C16H11F2N5OS/c17-10-2-1-3-11(8-10)19-15-22-23-14(20-21-16(23)25-15)7-9-4-5-13(24)12(18)6-9/h1-6,8,24H,7H2,(H,19,22). The van der Waals surface area contributed by atoms with Crippen molar-refractivity contribution in [3.05, 3.63) is 65.5 Å². The second kappa shape index (κ2) is 6.10. The Kier molecular flexibility index (Phi) is 3.77. The van der Waals surface area contributed by atoms with E-state index in [0.29, 0.717) is 33.6 Å². The zero-order valence-electron chi connectivity index (χ0n) is 12.6. The molecule has 0 aliphatic heterocycles. The highest BCUT2D eigenvalue weighted by atomic mass is 32.1. The van der Waals surface area contributed by atoms with Crippen LogP contribution in [0.15, 0.2) is 42.5 Å². The summed E-state index contributed by atoms with van der Waals surface area (Å²) in [6.07, 6.45) is 0.307. The largest absolute Gasteiger partial charge is 0.505 e. The lowest BCUT2D eigenvalue weighted by Gasteiger charge is -2.02. The second-order valence-electron chi connectivity index (χ2n) is 5.32. The number of rotatable bonds is 4. The average Bonchev–Trinajstić information content (AvgIpc) is 3.12. The highest BCUT2D eigenvalue weighted by Crippen LogP contribution is 2.24. The second-order valence-corrected chi connectivity index (χ2v) is 6.27. The lowest BCUT2D eigenvalue weighted by Crippen LogP contribution is -1.99. The van der Waals surface area contributed by atoms with Crippen molar-refractivity contribution >= 4 is 27.1 Å². The molecule has 6 nitrogen and oxygen atoms in total. The summed E-state index contributed by atoms with van der Waals surface area (Å²) in [6.45, 7) is 0. The third kappa shape index (κ3) is 3.13. The van der Waals surface area contributed by atoms with Crippen molar-refractivity contribution in [3.8, 4) is 5.75 Å². The fourth-order valence-corrected chi connectivity index (χ4v) is 3.13. The van der Waals surface area contributed by atoms with Crippen LogP contribution >= 0.6 is 11.3 Å². The summed E-state index contributed by atoms with van der Waals surface area (Å²) in [5.74, 6) is -0.901. The quantitative estimate of drug-likeness (QED) is 0.583. The van der Waals surface area contributed by atoms with E-state index in [1.54, 1.807) is 22.7 Å². The maximum absolute atomic E-state index is 13.5. The van der Waals surface area contributed by atoms with Crippen LogP contribution < -0.4 is 5.32 Å². The number of phenols is 1. The Balaban J connectivity index is 1.60. The van der Waals surface area contributed by atoms with Crippen LogP contribution in [0.5, 0.6) is 5.75 Å². The first-order valence-electron chi connectivity index (χ1n) is 7.29. The van der Waals surface area contributed by atoms with E-state index in [2.05, 4.69) is 20.6 Å². The predicted octanol–water partition coefficient (Wildman–Crippen LogP) is 3.50. The molecule has 0 fully saturated rings. The van der Waals surface area contributed by atoms with E-state index >= 15 is 0 Å². The fourth-order valence-electron chi connectivity index (χ4n) is 2.35. The Morgan fingerprint density at radius 1 is 1.12 bits per heavy atom. The third-order valence-electron chi connectivity index (χ3n) is 3.51. The van der Waals surface area contributed by atoms with Crippen LogP contribution in [0, 0.1) is 11.6 Å². The van der Waals surface area contributed by atoms with Crippen molar-refractivity contribution in [2.75, 3.05) is 5.32 Å². The van der Waals surface area contributed by atoms with Crippen LogP contribution in [-0.4, -0.2) is 24.9 Å². The van der Waals surface area contributed by atoms with Gasteiger partial charge in [0.1, 0.15) is 5.82 Å². The maximum Gasteiger partial charge on any atom is 0.236 e. The molecule has 0 saturated carbocycles. The molecule has 0 aliphatic rings. The van der Waals surface area contributed by atoms with E-state index in [9.17, 15) is 13.9 Å². The molecular weight excluding hydrogens is 348 g/mol. The summed E-state index contributed by atoms with van der Waals surface area (Å²) in [5, 5.41) is 25.3. The summed E-state index contributed by atoms with van der Waals surface area (Å²) < 4.78 is 28.3. The molecule has 9 heteroatoms. The van der Waals surface area contributed by atoms with E-state index < -0.39 is 11.6 Å². The van der Waals surface area contributed by atoms with Crippen LogP contribution in [0.2, 0.25) is 0 Å². The van der Waals surface area contributed by atoms with Crippen molar-refractivity contribution in [1.82, 2.24) is 19.8 Å². The number of hydrogen-bond donors (Lipinski definition) is 2. The van der Waals surface area contributed by atoms with Gasteiger partial charge < -0.3 is 10.4 Å². The predicted molar refractivity (Wildman–Crippen MR) is 89.2 cm³/mol. The summed E-state index contributed by atoms with van der Waals surface area (Å²) in [6, 6.07) is 10.2. The van der Waals surface area contributed by atoms with Gasteiger partial charge in [0, 0.05) is 12.1 Å². The average molecular weight is 359 g/mol. The molecule has 0 radical (unpaired) electrons. The van der Waals surface area contributed by atoms with Crippen molar-refractivity contribution < 1.29 is 13.9 Å². The molecule has 2 N–H and O–H groups in total. The van der Waals surface area contributed by atoms with Gasteiger partial charge in [-0.1, -0.05) is 23.5 Å². The number of aromatic hydroxyl groups is 1. The molecule has 0 amide bonds. The molecule has 4 rings (SSSR count). The molecule has 0 bridgehead atoms. The minimum Gasteiger partial charge on any atom is -0.505 e. The van der Waals surface area contributed by atoms with Gasteiger partial charge >= 0.3 is 0 Å². The van der Waals surface area contributed by atoms with Gasteiger partial charge in [-0.3, -0.25) is 0 Å². The van der Waals surface area contributed by atoms with Crippen molar-refractivity contribution in [2.45, 2.75) is 6.42 Å². The number of fused-ring (bicyclic) bond motifs is 1. The molecule has 25 heavy (non-hydrogen) atoms. The molecular formula is C16H11F2N5OS. The minimum absolute atomic E-state index is 0.307. The van der Waals surface area contributed by atoms with E-state index in [1.165, 1.54) is 35.6 Å². The summed E-state index contributed by atoms with van der Waals surface area (Å²) >= 11 is 1.27. The van der Waals surface area contributed by atoms with Gasteiger partial charge in [-0.15, -0.1) is 15.3 Å². The monoisotopic (exact) mass is 359 g/mol. The topological polar surface area (TPSA) is 75.3 Å². The Hall–Kier alpha value is -3.07. The molecule has 4 aromatic rings. The Labute approximate surface area is 144 Å². The number of hydrogen-bond acceptors (Lipinski definition) is 6. The number of aromatic nitrogens is 4. The molecule has 0 unspecified atom stereocenters. The van der Waals surface area contributed by atoms with Gasteiger partial charge in [-0.25, -0.2) is 8.78 Å². The first-order chi connectivity index (χ1) is 12.1. The minimum atomic E-state index is -0.690. The number of nitrogens with zero attached hydrogens (tertiary/aromatic N) is 4. The van der Waals surface area contributed by atoms with Crippen LogP contribution in [-0.2, 0) is 6.42 Å². The number of benzene rings is 2. The summed E-state index contributed by atoms with van der Waals surface area (Å²) in [7, 11) is 0. The van der Waals surface area contributed by atoms with Gasteiger partial charge in [0.2, 0.25) is 10.1 Å². The summed E-state index contributed by atoms with van der Waals surface area (Å²) in [5.41, 5.74) is 1.21. The molecule has 0 spiro atoms. The van der Waals surface area contributed by atoms with Crippen molar-refractivity contribution in [1.29, 1.82) is 0 Å². The van der Waals surface area contributed by atoms with Crippen LogP contribution in [0.1, 0.15) is 11.4 Å². The first kappa shape index (κ1) is 15.5. The Morgan fingerprint density at radius 2 is 2.00 bits per heavy atom. The highest BCUT2D eigenvalue weighted by Gasteiger charge is 2.13. The lowest BCUT2D eigenvalue weighted by atomic mass is 10.1. The first-order valence-corrected chi connectivity index (χ1v) is 8.11. The zero-order chi connectivity index (χ0) is 17.4. The van der Waals surface area contributed by atoms with Crippen LogP contribution in [0.25, 0.3) is 4.96 Å². The van der Waals surface area contributed by atoms with Gasteiger partial charge in [-0.05, 0) is 35.9 Å². The molecule has 126 valence electrons. The van der Waals surface area contributed by atoms with Crippen LogP contribution in [0.4, 0.5) is 19.6 Å². The van der Waals surface area contributed by atoms with Crippen molar-refractivity contribution in [2.24, 2.45) is 0 Å². The molecule has 2 aromatic heterocycles.